The molecular formula is C13H11N3O2S. The zero-order valence-corrected chi connectivity index (χ0v) is 11.3. The predicted octanol–water partition coefficient (Wildman–Crippen LogP) is 2.28. The summed E-state index contributed by atoms with van der Waals surface area (Å²) in [5, 5.41) is 3.69. The third-order valence-electron chi connectivity index (χ3n) is 2.75. The van der Waals surface area contributed by atoms with Crippen molar-refractivity contribution in [3.63, 3.8) is 0 Å². The van der Waals surface area contributed by atoms with Crippen molar-refractivity contribution >= 4 is 27.5 Å². The normalized spacial score (nSPS) is 12.2. The number of carbonyl (C=O) groups excluding carboxylic acids is 1. The van der Waals surface area contributed by atoms with Gasteiger partial charge in [0.1, 0.15) is 0 Å². The summed E-state index contributed by atoms with van der Waals surface area (Å²) in [6.45, 7) is 1.76. The fourth-order valence-electron chi connectivity index (χ4n) is 1.79. The number of aromatic nitrogens is 2. The monoisotopic (exact) mass is 273 g/mol. The largest absolute Gasteiger partial charge is 0.351 e. The van der Waals surface area contributed by atoms with Gasteiger partial charge in [-0.2, -0.15) is 4.99 Å². The number of benzene rings is 1. The van der Waals surface area contributed by atoms with Crippen LogP contribution in [0.5, 0.6) is 0 Å². The summed E-state index contributed by atoms with van der Waals surface area (Å²) in [7, 11) is 1.89. The van der Waals surface area contributed by atoms with Crippen molar-refractivity contribution in [1.82, 2.24) is 9.72 Å². The Hall–Kier alpha value is -2.21. The topological polar surface area (TPSA) is 60.4 Å². The van der Waals surface area contributed by atoms with Gasteiger partial charge in [0.2, 0.25) is 5.76 Å². The molecule has 0 radical (unpaired) electrons. The van der Waals surface area contributed by atoms with Gasteiger partial charge < -0.3 is 9.09 Å². The molecule has 6 heteroatoms. The molecule has 2 aromatic heterocycles. The molecule has 0 spiro atoms. The SMILES string of the molecule is Cc1cc(C(=O)N=c2sc3ccccc3n2C)on1. The van der Waals surface area contributed by atoms with E-state index >= 15 is 0 Å². The Labute approximate surface area is 112 Å². The number of hydrogen-bond donors (Lipinski definition) is 0. The van der Waals surface area contributed by atoms with Gasteiger partial charge >= 0.3 is 5.91 Å². The van der Waals surface area contributed by atoms with Crippen molar-refractivity contribution in [1.29, 1.82) is 0 Å². The van der Waals surface area contributed by atoms with Crippen LogP contribution in [0.2, 0.25) is 0 Å². The molecule has 1 aromatic carbocycles. The molecule has 0 aliphatic carbocycles. The molecule has 1 amide bonds. The molecule has 3 aromatic rings. The Morgan fingerprint density at radius 1 is 1.42 bits per heavy atom. The van der Waals surface area contributed by atoms with E-state index in [1.165, 1.54) is 11.3 Å². The summed E-state index contributed by atoms with van der Waals surface area (Å²) < 4.78 is 7.89. The Balaban J connectivity index is 2.11. The summed E-state index contributed by atoms with van der Waals surface area (Å²) in [4.78, 5) is 16.7. The number of nitrogens with zero attached hydrogens (tertiary/aromatic N) is 3. The van der Waals surface area contributed by atoms with Crippen LogP contribution >= 0.6 is 11.3 Å². The Morgan fingerprint density at radius 2 is 2.21 bits per heavy atom. The van der Waals surface area contributed by atoms with E-state index in [4.69, 9.17) is 4.52 Å². The highest BCUT2D eigenvalue weighted by Gasteiger charge is 2.11. The molecule has 0 N–H and O–H groups in total. The highest BCUT2D eigenvalue weighted by atomic mass is 32.1. The van der Waals surface area contributed by atoms with Crippen molar-refractivity contribution in [2.24, 2.45) is 12.0 Å². The van der Waals surface area contributed by atoms with Crippen LogP contribution in [-0.2, 0) is 7.05 Å². The van der Waals surface area contributed by atoms with Crippen LogP contribution < -0.4 is 4.80 Å². The van der Waals surface area contributed by atoms with Crippen LogP contribution in [0.4, 0.5) is 0 Å². The lowest BCUT2D eigenvalue weighted by atomic mass is 10.3. The van der Waals surface area contributed by atoms with E-state index in [-0.39, 0.29) is 5.76 Å². The van der Waals surface area contributed by atoms with Crippen LogP contribution in [0.15, 0.2) is 39.8 Å². The minimum absolute atomic E-state index is 0.162. The molecule has 0 fully saturated rings. The number of para-hydroxylation sites is 1. The number of amides is 1. The second kappa shape index (κ2) is 4.47. The number of aryl methyl sites for hydroxylation is 2. The molecule has 0 aliphatic heterocycles. The fraction of sp³-hybridized carbons (Fsp3) is 0.154. The molecule has 3 rings (SSSR count). The summed E-state index contributed by atoms with van der Waals surface area (Å²) >= 11 is 1.47. The quantitative estimate of drug-likeness (QED) is 0.683. The van der Waals surface area contributed by atoms with Crippen LogP contribution in [0.1, 0.15) is 16.2 Å². The highest BCUT2D eigenvalue weighted by Crippen LogP contribution is 2.15. The Kier molecular flexibility index (Phi) is 2.79. The number of rotatable bonds is 1. The standard InChI is InChI=1S/C13H11N3O2S/c1-8-7-10(18-15-8)12(17)14-13-16(2)9-5-3-4-6-11(9)19-13/h3-7H,1-2H3. The lowest BCUT2D eigenvalue weighted by Crippen LogP contribution is -2.12. The van der Waals surface area contributed by atoms with Crippen molar-refractivity contribution < 1.29 is 9.32 Å². The summed E-state index contributed by atoms with van der Waals surface area (Å²) in [5.74, 6) is -0.252. The molecular weight excluding hydrogens is 262 g/mol. The van der Waals surface area contributed by atoms with Gasteiger partial charge in [0.25, 0.3) is 0 Å². The number of fused-ring (bicyclic) bond motifs is 1. The van der Waals surface area contributed by atoms with Gasteiger partial charge in [-0.25, -0.2) is 0 Å². The van der Waals surface area contributed by atoms with Crippen LogP contribution in [0, 0.1) is 6.92 Å². The average molecular weight is 273 g/mol. The maximum Gasteiger partial charge on any atom is 0.318 e. The lowest BCUT2D eigenvalue weighted by Gasteiger charge is -1.93. The molecule has 0 bridgehead atoms. The Morgan fingerprint density at radius 3 is 2.89 bits per heavy atom. The fourth-order valence-corrected chi connectivity index (χ4v) is 2.81. The van der Waals surface area contributed by atoms with Gasteiger partial charge in [-0.3, -0.25) is 4.79 Å². The molecule has 0 saturated heterocycles. The molecule has 0 saturated carbocycles. The predicted molar refractivity (Wildman–Crippen MR) is 71.9 cm³/mol. The van der Waals surface area contributed by atoms with Crippen molar-refractivity contribution in [3.8, 4) is 0 Å². The van der Waals surface area contributed by atoms with Gasteiger partial charge in [-0.05, 0) is 19.1 Å². The zero-order chi connectivity index (χ0) is 13.4. The maximum atomic E-state index is 11.9. The summed E-state index contributed by atoms with van der Waals surface area (Å²) in [6, 6.07) is 9.50. The van der Waals surface area contributed by atoms with Crippen molar-refractivity contribution in [3.05, 3.63) is 46.6 Å². The van der Waals surface area contributed by atoms with Crippen LogP contribution in [0.3, 0.4) is 0 Å². The Bertz CT molecular complexity index is 826. The minimum atomic E-state index is -0.414. The van der Waals surface area contributed by atoms with Crippen LogP contribution in [0.25, 0.3) is 10.2 Å². The first-order valence-corrected chi connectivity index (χ1v) is 6.54. The second-order valence-electron chi connectivity index (χ2n) is 4.16. The molecule has 0 atom stereocenters. The van der Waals surface area contributed by atoms with Gasteiger partial charge in [0, 0.05) is 13.1 Å². The smallest absolute Gasteiger partial charge is 0.318 e. The van der Waals surface area contributed by atoms with E-state index in [1.807, 2.05) is 35.9 Å². The third-order valence-corrected chi connectivity index (χ3v) is 3.86. The van der Waals surface area contributed by atoms with Crippen molar-refractivity contribution in [2.75, 3.05) is 0 Å². The lowest BCUT2D eigenvalue weighted by molar-refractivity contribution is 0.0962. The minimum Gasteiger partial charge on any atom is -0.351 e. The second-order valence-corrected chi connectivity index (χ2v) is 5.17. The van der Waals surface area contributed by atoms with Crippen LogP contribution in [-0.4, -0.2) is 15.6 Å². The highest BCUT2D eigenvalue weighted by molar-refractivity contribution is 7.16. The van der Waals surface area contributed by atoms with E-state index in [0.717, 1.165) is 10.2 Å². The number of hydrogen-bond acceptors (Lipinski definition) is 4. The molecule has 0 aliphatic rings. The van der Waals surface area contributed by atoms with E-state index in [2.05, 4.69) is 10.1 Å². The van der Waals surface area contributed by atoms with E-state index in [0.29, 0.717) is 10.5 Å². The van der Waals surface area contributed by atoms with Gasteiger partial charge in [-0.15, -0.1) is 0 Å². The first-order valence-electron chi connectivity index (χ1n) is 5.72. The first-order chi connectivity index (χ1) is 9.15. The molecule has 0 unspecified atom stereocenters. The molecule has 2 heterocycles. The van der Waals surface area contributed by atoms with Gasteiger partial charge in [0.05, 0.1) is 15.9 Å². The maximum absolute atomic E-state index is 11.9. The molecule has 19 heavy (non-hydrogen) atoms. The van der Waals surface area contributed by atoms with E-state index in [9.17, 15) is 4.79 Å². The number of thiazole rings is 1. The summed E-state index contributed by atoms with van der Waals surface area (Å²) in [5.41, 5.74) is 1.71. The van der Waals surface area contributed by atoms with Gasteiger partial charge in [0.15, 0.2) is 4.80 Å². The third kappa shape index (κ3) is 2.10. The first kappa shape index (κ1) is 11.9. The molecule has 5 nitrogen and oxygen atoms in total. The van der Waals surface area contributed by atoms with Gasteiger partial charge in [-0.1, -0.05) is 28.6 Å². The number of carbonyl (C=O) groups is 1. The molecule has 96 valence electrons. The summed E-state index contributed by atoms with van der Waals surface area (Å²) in [6.07, 6.45) is 0. The average Bonchev–Trinajstić information content (AvgIpc) is 2.96. The van der Waals surface area contributed by atoms with E-state index in [1.54, 1.807) is 13.0 Å². The van der Waals surface area contributed by atoms with E-state index < -0.39 is 5.91 Å². The zero-order valence-electron chi connectivity index (χ0n) is 10.5. The van der Waals surface area contributed by atoms with Crippen molar-refractivity contribution in [2.45, 2.75) is 6.92 Å².